The molecule has 1 aromatic heterocycles. The Morgan fingerprint density at radius 3 is 2.68 bits per heavy atom. The summed E-state index contributed by atoms with van der Waals surface area (Å²) in [6.07, 6.45) is 0.0455. The van der Waals surface area contributed by atoms with Crippen LogP contribution in [0.1, 0.15) is 22.1 Å². The van der Waals surface area contributed by atoms with Crippen LogP contribution in [-0.4, -0.2) is 37.3 Å². The number of hydrogen-bond acceptors (Lipinski definition) is 7. The van der Waals surface area contributed by atoms with Crippen LogP contribution in [0.25, 0.3) is 0 Å². The molecule has 3 aromatic rings. The van der Waals surface area contributed by atoms with Crippen molar-refractivity contribution in [3.8, 4) is 5.75 Å². The number of carbonyl (C=O) groups is 1. The normalized spacial score (nSPS) is 11.2. The molecule has 0 radical (unpaired) electrons. The maximum absolute atomic E-state index is 12.3. The minimum absolute atomic E-state index is 0.0455. The maximum Gasteiger partial charge on any atom is 0.315 e. The Kier molecular flexibility index (Phi) is 6.05. The van der Waals surface area contributed by atoms with Gasteiger partial charge in [-0.25, -0.2) is 8.42 Å². The Morgan fingerprint density at radius 2 is 1.93 bits per heavy atom. The summed E-state index contributed by atoms with van der Waals surface area (Å²) in [7, 11) is -1.89. The van der Waals surface area contributed by atoms with Crippen molar-refractivity contribution >= 4 is 15.7 Å². The van der Waals surface area contributed by atoms with Gasteiger partial charge in [-0.1, -0.05) is 35.5 Å². The SMILES string of the molecule is COc1cccc(CNC(=O)c2nc(CCS(=O)(=O)c3ccccc3)no2)c1. The maximum atomic E-state index is 12.3. The fourth-order valence-electron chi connectivity index (χ4n) is 2.46. The largest absolute Gasteiger partial charge is 0.497 e. The summed E-state index contributed by atoms with van der Waals surface area (Å²) in [5, 5.41) is 6.35. The Balaban J connectivity index is 1.56. The first-order valence-electron chi connectivity index (χ1n) is 8.49. The van der Waals surface area contributed by atoms with Gasteiger partial charge in [-0.3, -0.25) is 4.79 Å². The fraction of sp³-hybridized carbons (Fsp3) is 0.211. The van der Waals surface area contributed by atoms with E-state index in [-0.39, 0.29) is 35.3 Å². The summed E-state index contributed by atoms with van der Waals surface area (Å²) < 4.78 is 34.6. The van der Waals surface area contributed by atoms with Crippen LogP contribution in [0.5, 0.6) is 5.75 Å². The van der Waals surface area contributed by atoms with Gasteiger partial charge < -0.3 is 14.6 Å². The average Bonchev–Trinajstić information content (AvgIpc) is 3.21. The summed E-state index contributed by atoms with van der Waals surface area (Å²) in [6, 6.07) is 15.4. The lowest BCUT2D eigenvalue weighted by molar-refractivity contribution is 0.0907. The number of hydrogen-bond donors (Lipinski definition) is 1. The Bertz CT molecular complexity index is 1050. The molecular weight excluding hydrogens is 382 g/mol. The molecule has 0 aliphatic heterocycles. The van der Waals surface area contributed by atoms with E-state index in [2.05, 4.69) is 15.5 Å². The highest BCUT2D eigenvalue weighted by molar-refractivity contribution is 7.91. The molecule has 1 heterocycles. The molecule has 0 atom stereocenters. The van der Waals surface area contributed by atoms with Crippen molar-refractivity contribution in [2.24, 2.45) is 0 Å². The van der Waals surface area contributed by atoms with Crippen molar-refractivity contribution in [1.82, 2.24) is 15.5 Å². The number of carbonyl (C=O) groups excluding carboxylic acids is 1. The number of ether oxygens (including phenoxy) is 1. The zero-order valence-corrected chi connectivity index (χ0v) is 16.0. The molecule has 3 rings (SSSR count). The molecule has 2 aromatic carbocycles. The molecule has 0 saturated heterocycles. The van der Waals surface area contributed by atoms with Crippen LogP contribution in [-0.2, 0) is 22.8 Å². The van der Waals surface area contributed by atoms with Gasteiger partial charge in [-0.05, 0) is 29.8 Å². The summed E-state index contributed by atoms with van der Waals surface area (Å²) in [6.45, 7) is 0.260. The number of methoxy groups -OCH3 is 1. The van der Waals surface area contributed by atoms with Crippen LogP contribution in [0.4, 0.5) is 0 Å². The molecule has 146 valence electrons. The van der Waals surface area contributed by atoms with Crippen molar-refractivity contribution < 1.29 is 22.5 Å². The molecule has 8 nitrogen and oxygen atoms in total. The monoisotopic (exact) mass is 401 g/mol. The number of nitrogens with one attached hydrogen (secondary N) is 1. The van der Waals surface area contributed by atoms with Crippen LogP contribution >= 0.6 is 0 Å². The Labute approximate surface area is 162 Å². The molecule has 0 aliphatic rings. The molecule has 0 saturated carbocycles. The number of nitrogens with zero attached hydrogens (tertiary/aromatic N) is 2. The zero-order valence-electron chi connectivity index (χ0n) is 15.2. The van der Waals surface area contributed by atoms with Crippen LogP contribution in [0, 0.1) is 0 Å². The van der Waals surface area contributed by atoms with E-state index in [1.54, 1.807) is 37.4 Å². The van der Waals surface area contributed by atoms with E-state index in [1.165, 1.54) is 12.1 Å². The van der Waals surface area contributed by atoms with Crippen LogP contribution in [0.2, 0.25) is 0 Å². The molecule has 0 aliphatic carbocycles. The highest BCUT2D eigenvalue weighted by Crippen LogP contribution is 2.13. The van der Waals surface area contributed by atoms with Gasteiger partial charge in [-0.15, -0.1) is 0 Å². The average molecular weight is 401 g/mol. The number of sulfone groups is 1. The van der Waals surface area contributed by atoms with E-state index in [1.807, 2.05) is 12.1 Å². The lowest BCUT2D eigenvalue weighted by Gasteiger charge is -2.04. The first-order valence-corrected chi connectivity index (χ1v) is 10.1. The van der Waals surface area contributed by atoms with Gasteiger partial charge in [0.05, 0.1) is 17.8 Å². The van der Waals surface area contributed by atoms with Gasteiger partial charge in [-0.2, -0.15) is 4.98 Å². The van der Waals surface area contributed by atoms with E-state index in [0.717, 1.165) is 5.56 Å². The van der Waals surface area contributed by atoms with Gasteiger partial charge in [0.2, 0.25) is 0 Å². The van der Waals surface area contributed by atoms with Crippen molar-refractivity contribution in [1.29, 1.82) is 0 Å². The number of aryl methyl sites for hydroxylation is 1. The van der Waals surface area contributed by atoms with Gasteiger partial charge in [0.15, 0.2) is 15.7 Å². The zero-order chi connectivity index (χ0) is 20.0. The van der Waals surface area contributed by atoms with E-state index in [9.17, 15) is 13.2 Å². The van der Waals surface area contributed by atoms with Gasteiger partial charge in [0, 0.05) is 13.0 Å². The third-order valence-corrected chi connectivity index (χ3v) is 5.68. The van der Waals surface area contributed by atoms with E-state index in [0.29, 0.717) is 5.75 Å². The molecule has 1 N–H and O–H groups in total. The van der Waals surface area contributed by atoms with Crippen molar-refractivity contribution in [3.05, 3.63) is 71.9 Å². The summed E-state index contributed by atoms with van der Waals surface area (Å²) in [5.41, 5.74) is 0.849. The summed E-state index contributed by atoms with van der Waals surface area (Å²) in [5.74, 6) is -0.0819. The predicted molar refractivity (Wildman–Crippen MR) is 101 cm³/mol. The van der Waals surface area contributed by atoms with Crippen LogP contribution in [0.3, 0.4) is 0 Å². The molecule has 9 heteroatoms. The molecule has 0 fully saturated rings. The Morgan fingerprint density at radius 1 is 1.14 bits per heavy atom. The molecule has 28 heavy (non-hydrogen) atoms. The number of benzene rings is 2. The molecule has 0 spiro atoms. The van der Waals surface area contributed by atoms with E-state index < -0.39 is 15.7 Å². The van der Waals surface area contributed by atoms with Crippen molar-refractivity contribution in [2.75, 3.05) is 12.9 Å². The molecule has 0 bridgehead atoms. The van der Waals surface area contributed by atoms with Crippen LogP contribution in [0.15, 0.2) is 64.0 Å². The molecule has 1 amide bonds. The second-order valence-corrected chi connectivity index (χ2v) is 8.04. The van der Waals surface area contributed by atoms with E-state index >= 15 is 0 Å². The third kappa shape index (κ3) is 4.95. The number of aromatic nitrogens is 2. The lowest BCUT2D eigenvalue weighted by atomic mass is 10.2. The molecule has 0 unspecified atom stereocenters. The van der Waals surface area contributed by atoms with Gasteiger partial charge >= 0.3 is 11.8 Å². The second-order valence-electron chi connectivity index (χ2n) is 5.93. The molecular formula is C19H19N3O5S. The van der Waals surface area contributed by atoms with Crippen LogP contribution < -0.4 is 10.1 Å². The highest BCUT2D eigenvalue weighted by atomic mass is 32.2. The first kappa shape index (κ1) is 19.6. The predicted octanol–water partition coefficient (Wildman–Crippen LogP) is 2.02. The van der Waals surface area contributed by atoms with Gasteiger partial charge in [0.1, 0.15) is 5.75 Å². The highest BCUT2D eigenvalue weighted by Gasteiger charge is 2.18. The minimum atomic E-state index is -3.46. The lowest BCUT2D eigenvalue weighted by Crippen LogP contribution is -2.23. The van der Waals surface area contributed by atoms with Crippen molar-refractivity contribution in [3.63, 3.8) is 0 Å². The van der Waals surface area contributed by atoms with Gasteiger partial charge in [0.25, 0.3) is 0 Å². The number of rotatable bonds is 8. The second kappa shape index (κ2) is 8.66. The standard InChI is InChI=1S/C19H19N3O5S/c1-26-15-7-5-6-14(12-15)13-20-18(23)19-21-17(22-27-19)10-11-28(24,25)16-8-3-2-4-9-16/h2-9,12H,10-11,13H2,1H3,(H,20,23). The summed E-state index contributed by atoms with van der Waals surface area (Å²) in [4.78, 5) is 16.4. The number of amides is 1. The first-order chi connectivity index (χ1) is 13.5. The fourth-order valence-corrected chi connectivity index (χ4v) is 3.72. The minimum Gasteiger partial charge on any atom is -0.497 e. The van der Waals surface area contributed by atoms with Crippen molar-refractivity contribution in [2.45, 2.75) is 17.9 Å². The van der Waals surface area contributed by atoms with E-state index in [4.69, 9.17) is 9.26 Å². The topological polar surface area (TPSA) is 111 Å². The summed E-state index contributed by atoms with van der Waals surface area (Å²) >= 11 is 0. The Hall–Kier alpha value is -3.20. The smallest absolute Gasteiger partial charge is 0.315 e. The third-order valence-electron chi connectivity index (χ3n) is 3.95. The quantitative estimate of drug-likeness (QED) is 0.615.